The van der Waals surface area contributed by atoms with Crippen LogP contribution in [0.5, 0.6) is 0 Å². The van der Waals surface area contributed by atoms with Gasteiger partial charge in [-0.3, -0.25) is 0 Å². The summed E-state index contributed by atoms with van der Waals surface area (Å²) in [5, 5.41) is 0. The van der Waals surface area contributed by atoms with E-state index in [1.54, 1.807) is 0 Å². The van der Waals surface area contributed by atoms with Crippen LogP contribution in [0.15, 0.2) is 72.8 Å². The van der Waals surface area contributed by atoms with Crippen molar-refractivity contribution in [2.24, 2.45) is 0 Å². The first-order valence-corrected chi connectivity index (χ1v) is 8.42. The molecule has 3 aromatic rings. The molecule has 2 nitrogen and oxygen atoms in total. The van der Waals surface area contributed by atoms with Crippen molar-refractivity contribution in [1.82, 2.24) is 0 Å². The van der Waals surface area contributed by atoms with E-state index in [0.717, 1.165) is 13.2 Å². The van der Waals surface area contributed by atoms with Crippen molar-refractivity contribution in [1.29, 1.82) is 0 Å². The van der Waals surface area contributed by atoms with Gasteiger partial charge in [0, 0.05) is 0 Å². The van der Waals surface area contributed by atoms with E-state index >= 15 is 0 Å². The minimum atomic E-state index is 0.272. The maximum atomic E-state index is 5.48. The smallest absolute Gasteiger partial charge is 0.107 e. The van der Waals surface area contributed by atoms with Gasteiger partial charge >= 0.3 is 0 Å². The van der Waals surface area contributed by atoms with Crippen LogP contribution in [0, 0.1) is 0 Å². The van der Waals surface area contributed by atoms with Crippen LogP contribution in [0.4, 0.5) is 0 Å². The van der Waals surface area contributed by atoms with Crippen molar-refractivity contribution in [2.45, 2.75) is 12.2 Å². The summed E-state index contributed by atoms with van der Waals surface area (Å²) in [6.07, 6.45) is 0.544. The van der Waals surface area contributed by atoms with Gasteiger partial charge in [0.2, 0.25) is 0 Å². The summed E-state index contributed by atoms with van der Waals surface area (Å²) in [4.78, 5) is 0. The fraction of sp³-hybridized carbons (Fsp3) is 0.182. The summed E-state index contributed by atoms with van der Waals surface area (Å²) < 4.78 is 11.0. The average Bonchev–Trinajstić information content (AvgIpc) is 3.55. The highest BCUT2D eigenvalue weighted by Gasteiger charge is 2.28. The molecule has 2 fully saturated rings. The van der Waals surface area contributed by atoms with Crippen LogP contribution >= 0.6 is 0 Å². The van der Waals surface area contributed by atoms with Crippen molar-refractivity contribution in [2.75, 3.05) is 13.2 Å². The zero-order valence-corrected chi connectivity index (χ0v) is 13.3. The van der Waals surface area contributed by atoms with Gasteiger partial charge < -0.3 is 9.47 Å². The van der Waals surface area contributed by atoms with Gasteiger partial charge in [-0.1, -0.05) is 72.8 Å². The van der Waals surface area contributed by atoms with E-state index in [-0.39, 0.29) is 12.2 Å². The first kappa shape index (κ1) is 14.0. The molecule has 2 heteroatoms. The standard InChI is InChI=1S/C22H18O2/c1-3-7-19(21-13-23-21)17(5-1)15-9-11-16(12-10-15)18-6-2-4-8-20(18)22-14-24-22/h1-12,21-22H,13-14H2. The van der Waals surface area contributed by atoms with Crippen LogP contribution in [-0.2, 0) is 9.47 Å². The Kier molecular flexibility index (Phi) is 3.25. The van der Waals surface area contributed by atoms with Gasteiger partial charge in [0.05, 0.1) is 13.2 Å². The average molecular weight is 314 g/mol. The first-order valence-electron chi connectivity index (χ1n) is 8.42. The second-order valence-corrected chi connectivity index (χ2v) is 6.40. The SMILES string of the molecule is c1ccc(C2CO2)c(-c2ccc(-c3ccccc3C3CO3)cc2)c1. The van der Waals surface area contributed by atoms with Gasteiger partial charge in [0.25, 0.3) is 0 Å². The quantitative estimate of drug-likeness (QED) is 0.621. The molecule has 118 valence electrons. The van der Waals surface area contributed by atoms with Crippen molar-refractivity contribution in [3.05, 3.63) is 83.9 Å². The van der Waals surface area contributed by atoms with Crippen LogP contribution < -0.4 is 0 Å². The van der Waals surface area contributed by atoms with Crippen LogP contribution in [0.25, 0.3) is 22.3 Å². The van der Waals surface area contributed by atoms with Crippen LogP contribution in [-0.4, -0.2) is 13.2 Å². The Morgan fingerprint density at radius 1 is 0.542 bits per heavy atom. The van der Waals surface area contributed by atoms with E-state index < -0.39 is 0 Å². The summed E-state index contributed by atoms with van der Waals surface area (Å²) in [7, 11) is 0. The fourth-order valence-corrected chi connectivity index (χ4v) is 3.37. The third-order valence-electron chi connectivity index (χ3n) is 4.79. The fourth-order valence-electron chi connectivity index (χ4n) is 3.37. The Balaban J connectivity index is 1.52. The van der Waals surface area contributed by atoms with E-state index in [9.17, 15) is 0 Å². The number of epoxide rings is 2. The first-order chi connectivity index (χ1) is 11.9. The molecular formula is C22H18O2. The molecule has 2 atom stereocenters. The van der Waals surface area contributed by atoms with E-state index in [1.165, 1.54) is 33.4 Å². The van der Waals surface area contributed by atoms with Crippen molar-refractivity contribution in [3.63, 3.8) is 0 Å². The van der Waals surface area contributed by atoms with Gasteiger partial charge in [-0.15, -0.1) is 0 Å². The van der Waals surface area contributed by atoms with Gasteiger partial charge in [-0.25, -0.2) is 0 Å². The topological polar surface area (TPSA) is 25.1 Å². The summed E-state index contributed by atoms with van der Waals surface area (Å²) in [6, 6.07) is 25.9. The molecule has 0 amide bonds. The highest BCUT2D eigenvalue weighted by atomic mass is 16.6. The number of benzene rings is 3. The highest BCUT2D eigenvalue weighted by Crippen LogP contribution is 2.39. The Labute approximate surface area is 141 Å². The number of hydrogen-bond donors (Lipinski definition) is 0. The van der Waals surface area contributed by atoms with Gasteiger partial charge in [0.1, 0.15) is 12.2 Å². The predicted molar refractivity (Wildman–Crippen MR) is 94.7 cm³/mol. The molecule has 2 unspecified atom stereocenters. The molecule has 2 heterocycles. The summed E-state index contributed by atoms with van der Waals surface area (Å²) in [5.41, 5.74) is 7.60. The largest absolute Gasteiger partial charge is 0.368 e. The number of rotatable bonds is 4. The lowest BCUT2D eigenvalue weighted by Gasteiger charge is -2.11. The molecule has 2 aliphatic rings. The molecule has 0 aromatic heterocycles. The van der Waals surface area contributed by atoms with E-state index in [4.69, 9.17) is 9.47 Å². The lowest BCUT2D eigenvalue weighted by molar-refractivity contribution is 0.416. The molecule has 2 saturated heterocycles. The molecule has 0 saturated carbocycles. The Morgan fingerprint density at radius 3 is 1.29 bits per heavy atom. The summed E-state index contributed by atoms with van der Waals surface area (Å²) in [5.74, 6) is 0. The monoisotopic (exact) mass is 314 g/mol. The third-order valence-corrected chi connectivity index (χ3v) is 4.79. The van der Waals surface area contributed by atoms with Gasteiger partial charge in [-0.05, 0) is 33.4 Å². The molecule has 0 bridgehead atoms. The number of ether oxygens (including phenoxy) is 2. The van der Waals surface area contributed by atoms with Crippen LogP contribution in [0.1, 0.15) is 23.3 Å². The molecule has 0 radical (unpaired) electrons. The summed E-state index contributed by atoms with van der Waals surface area (Å²) in [6.45, 7) is 1.67. The van der Waals surface area contributed by atoms with Crippen molar-refractivity contribution in [3.8, 4) is 22.3 Å². The minimum absolute atomic E-state index is 0.272. The Hall–Kier alpha value is -2.42. The molecular weight excluding hydrogens is 296 g/mol. The highest BCUT2D eigenvalue weighted by molar-refractivity contribution is 5.74. The normalized spacial score (nSPS) is 21.5. The van der Waals surface area contributed by atoms with Crippen molar-refractivity contribution < 1.29 is 9.47 Å². The molecule has 2 aliphatic heterocycles. The van der Waals surface area contributed by atoms with Gasteiger partial charge in [0.15, 0.2) is 0 Å². The van der Waals surface area contributed by atoms with Crippen LogP contribution in [0.3, 0.4) is 0 Å². The Bertz CT molecular complexity index is 800. The lowest BCUT2D eigenvalue weighted by Crippen LogP contribution is -1.90. The van der Waals surface area contributed by atoms with Crippen LogP contribution in [0.2, 0.25) is 0 Å². The van der Waals surface area contributed by atoms with E-state index in [0.29, 0.717) is 0 Å². The lowest BCUT2D eigenvalue weighted by atomic mass is 9.94. The third kappa shape index (κ3) is 2.54. The minimum Gasteiger partial charge on any atom is -0.368 e. The maximum absolute atomic E-state index is 5.48. The Morgan fingerprint density at radius 2 is 0.917 bits per heavy atom. The van der Waals surface area contributed by atoms with E-state index in [2.05, 4.69) is 72.8 Å². The van der Waals surface area contributed by atoms with E-state index in [1.807, 2.05) is 0 Å². The second kappa shape index (κ2) is 5.59. The summed E-state index contributed by atoms with van der Waals surface area (Å²) >= 11 is 0. The predicted octanol–water partition coefficient (Wildman–Crippen LogP) is 5.16. The molecule has 3 aromatic carbocycles. The number of hydrogen-bond acceptors (Lipinski definition) is 2. The molecule has 24 heavy (non-hydrogen) atoms. The zero-order chi connectivity index (χ0) is 15.9. The maximum Gasteiger partial charge on any atom is 0.107 e. The molecule has 0 aliphatic carbocycles. The van der Waals surface area contributed by atoms with Crippen molar-refractivity contribution >= 4 is 0 Å². The molecule has 0 N–H and O–H groups in total. The molecule has 0 spiro atoms. The molecule has 5 rings (SSSR count). The second-order valence-electron chi connectivity index (χ2n) is 6.40. The zero-order valence-electron chi connectivity index (χ0n) is 13.3. The van der Waals surface area contributed by atoms with Gasteiger partial charge in [-0.2, -0.15) is 0 Å².